The first-order valence-corrected chi connectivity index (χ1v) is 6.04. The van der Waals surface area contributed by atoms with Gasteiger partial charge in [0, 0.05) is 11.0 Å². The SMILES string of the molecule is Cc1csc(C(=O)NCCI)c1. The van der Waals surface area contributed by atoms with Crippen LogP contribution in [0.1, 0.15) is 15.2 Å². The summed E-state index contributed by atoms with van der Waals surface area (Å²) in [4.78, 5) is 12.1. The quantitative estimate of drug-likeness (QED) is 0.672. The zero-order valence-corrected chi connectivity index (χ0v) is 9.74. The van der Waals surface area contributed by atoms with E-state index in [0.29, 0.717) is 0 Å². The lowest BCUT2D eigenvalue weighted by molar-refractivity contribution is 0.0960. The van der Waals surface area contributed by atoms with Crippen molar-refractivity contribution >= 4 is 39.8 Å². The van der Waals surface area contributed by atoms with Gasteiger partial charge in [-0.2, -0.15) is 0 Å². The van der Waals surface area contributed by atoms with Gasteiger partial charge in [0.1, 0.15) is 0 Å². The zero-order chi connectivity index (χ0) is 8.97. The third kappa shape index (κ3) is 2.75. The Balaban J connectivity index is 2.53. The number of rotatable bonds is 3. The van der Waals surface area contributed by atoms with Crippen LogP contribution >= 0.6 is 33.9 Å². The molecule has 0 radical (unpaired) electrons. The van der Waals surface area contributed by atoms with Gasteiger partial charge < -0.3 is 5.32 Å². The highest BCUT2D eigenvalue weighted by Gasteiger charge is 2.05. The molecule has 4 heteroatoms. The number of aryl methyl sites for hydroxylation is 1. The Labute approximate surface area is 89.5 Å². The molecule has 2 nitrogen and oxygen atoms in total. The molecule has 1 N–H and O–H groups in total. The lowest BCUT2D eigenvalue weighted by Crippen LogP contribution is -2.24. The van der Waals surface area contributed by atoms with Crippen LogP contribution in [0.4, 0.5) is 0 Å². The molecular formula is C8H10INOS. The highest BCUT2D eigenvalue weighted by atomic mass is 127. The third-order valence-corrected chi connectivity index (χ3v) is 2.92. The highest BCUT2D eigenvalue weighted by molar-refractivity contribution is 14.1. The number of amides is 1. The van der Waals surface area contributed by atoms with Crippen LogP contribution in [0.5, 0.6) is 0 Å². The number of hydrogen-bond donors (Lipinski definition) is 1. The summed E-state index contributed by atoms with van der Waals surface area (Å²) in [5, 5.41) is 4.81. The molecule has 1 aromatic rings. The lowest BCUT2D eigenvalue weighted by Gasteiger charge is -1.98. The average Bonchev–Trinajstić information content (AvgIpc) is 2.47. The van der Waals surface area contributed by atoms with E-state index in [1.54, 1.807) is 0 Å². The fraction of sp³-hybridized carbons (Fsp3) is 0.375. The molecule has 1 heterocycles. The first kappa shape index (κ1) is 9.98. The molecule has 0 aliphatic rings. The summed E-state index contributed by atoms with van der Waals surface area (Å²) < 4.78 is 0.952. The van der Waals surface area contributed by atoms with Crippen molar-refractivity contribution < 1.29 is 4.79 Å². The van der Waals surface area contributed by atoms with Crippen molar-refractivity contribution in [2.24, 2.45) is 0 Å². The van der Waals surface area contributed by atoms with Crippen LogP contribution in [0.25, 0.3) is 0 Å². The van der Waals surface area contributed by atoms with E-state index < -0.39 is 0 Å². The summed E-state index contributed by atoms with van der Waals surface area (Å²) in [6, 6.07) is 1.91. The molecular weight excluding hydrogens is 285 g/mol. The Kier molecular flexibility index (Phi) is 4.00. The van der Waals surface area contributed by atoms with Crippen LogP contribution in [0, 0.1) is 6.92 Å². The number of halogens is 1. The molecule has 12 heavy (non-hydrogen) atoms. The Morgan fingerprint density at radius 2 is 2.50 bits per heavy atom. The maximum Gasteiger partial charge on any atom is 0.261 e. The second-order valence-corrected chi connectivity index (χ2v) is 4.42. The lowest BCUT2D eigenvalue weighted by atomic mass is 10.3. The fourth-order valence-electron chi connectivity index (χ4n) is 0.798. The normalized spacial score (nSPS) is 9.83. The molecule has 0 aromatic carbocycles. The van der Waals surface area contributed by atoms with E-state index in [4.69, 9.17) is 0 Å². The second kappa shape index (κ2) is 4.81. The summed E-state index contributed by atoms with van der Waals surface area (Å²) in [6.07, 6.45) is 0. The Morgan fingerprint density at radius 3 is 3.00 bits per heavy atom. The number of carbonyl (C=O) groups is 1. The number of carbonyl (C=O) groups excluding carboxylic acids is 1. The van der Waals surface area contributed by atoms with Crippen LogP contribution < -0.4 is 5.32 Å². The molecule has 0 aliphatic heterocycles. The third-order valence-electron chi connectivity index (χ3n) is 1.33. The standard InChI is InChI=1S/C8H10INOS/c1-6-4-7(12-5-6)8(11)10-3-2-9/h4-5H,2-3H2,1H3,(H,10,11). The van der Waals surface area contributed by atoms with E-state index in [1.807, 2.05) is 18.4 Å². The molecule has 1 amide bonds. The van der Waals surface area contributed by atoms with Crippen molar-refractivity contribution in [3.05, 3.63) is 21.9 Å². The Bertz CT molecular complexity index is 272. The number of hydrogen-bond acceptors (Lipinski definition) is 2. The van der Waals surface area contributed by atoms with E-state index in [9.17, 15) is 4.79 Å². The molecule has 0 saturated carbocycles. The van der Waals surface area contributed by atoms with Gasteiger partial charge in [-0.15, -0.1) is 11.3 Å². The van der Waals surface area contributed by atoms with Crippen molar-refractivity contribution in [1.29, 1.82) is 0 Å². The second-order valence-electron chi connectivity index (χ2n) is 2.43. The molecule has 0 spiro atoms. The summed E-state index contributed by atoms with van der Waals surface area (Å²) in [5.41, 5.74) is 1.15. The summed E-state index contributed by atoms with van der Waals surface area (Å²) in [5.74, 6) is 0.0461. The van der Waals surface area contributed by atoms with Gasteiger partial charge in [-0.05, 0) is 23.9 Å². The maximum absolute atomic E-state index is 11.3. The smallest absolute Gasteiger partial charge is 0.261 e. The van der Waals surface area contributed by atoms with Gasteiger partial charge in [0.25, 0.3) is 5.91 Å². The van der Waals surface area contributed by atoms with Crippen LogP contribution in [-0.2, 0) is 0 Å². The number of thiophene rings is 1. The molecule has 1 aromatic heterocycles. The summed E-state index contributed by atoms with van der Waals surface area (Å²) >= 11 is 3.73. The molecule has 66 valence electrons. The van der Waals surface area contributed by atoms with E-state index in [2.05, 4.69) is 27.9 Å². The Morgan fingerprint density at radius 1 is 1.75 bits per heavy atom. The van der Waals surface area contributed by atoms with Gasteiger partial charge in [-0.25, -0.2) is 0 Å². The minimum Gasteiger partial charge on any atom is -0.351 e. The molecule has 0 bridgehead atoms. The fourth-order valence-corrected chi connectivity index (χ4v) is 1.88. The van der Waals surface area contributed by atoms with E-state index in [-0.39, 0.29) is 5.91 Å². The first-order valence-electron chi connectivity index (χ1n) is 3.63. The minimum atomic E-state index is 0.0461. The molecule has 0 atom stereocenters. The first-order chi connectivity index (χ1) is 5.74. The van der Waals surface area contributed by atoms with Gasteiger partial charge in [0.15, 0.2) is 0 Å². The van der Waals surface area contributed by atoms with Gasteiger partial charge in [0.05, 0.1) is 4.88 Å². The number of alkyl halides is 1. The predicted molar refractivity (Wildman–Crippen MR) is 60.3 cm³/mol. The van der Waals surface area contributed by atoms with Gasteiger partial charge in [-0.3, -0.25) is 4.79 Å². The monoisotopic (exact) mass is 295 g/mol. The molecule has 0 aliphatic carbocycles. The summed E-state index contributed by atoms with van der Waals surface area (Å²) in [7, 11) is 0. The van der Waals surface area contributed by atoms with Crippen molar-refractivity contribution in [1.82, 2.24) is 5.32 Å². The van der Waals surface area contributed by atoms with Gasteiger partial charge in [-0.1, -0.05) is 22.6 Å². The minimum absolute atomic E-state index is 0.0461. The van der Waals surface area contributed by atoms with Gasteiger partial charge >= 0.3 is 0 Å². The van der Waals surface area contributed by atoms with Crippen LogP contribution in [-0.4, -0.2) is 16.9 Å². The van der Waals surface area contributed by atoms with E-state index in [1.165, 1.54) is 11.3 Å². The predicted octanol–water partition coefficient (Wildman–Crippen LogP) is 2.22. The Hall–Kier alpha value is -0.100. The topological polar surface area (TPSA) is 29.1 Å². The van der Waals surface area contributed by atoms with Gasteiger partial charge in [0.2, 0.25) is 0 Å². The molecule has 1 rings (SSSR count). The van der Waals surface area contributed by atoms with Crippen molar-refractivity contribution in [3.8, 4) is 0 Å². The van der Waals surface area contributed by atoms with E-state index in [0.717, 1.165) is 21.4 Å². The van der Waals surface area contributed by atoms with Crippen LogP contribution in [0.3, 0.4) is 0 Å². The average molecular weight is 295 g/mol. The molecule has 0 fully saturated rings. The van der Waals surface area contributed by atoms with E-state index >= 15 is 0 Å². The highest BCUT2D eigenvalue weighted by Crippen LogP contribution is 2.12. The largest absolute Gasteiger partial charge is 0.351 e. The van der Waals surface area contributed by atoms with Crippen molar-refractivity contribution in [3.63, 3.8) is 0 Å². The maximum atomic E-state index is 11.3. The van der Waals surface area contributed by atoms with Crippen molar-refractivity contribution in [2.75, 3.05) is 11.0 Å². The zero-order valence-electron chi connectivity index (χ0n) is 6.76. The van der Waals surface area contributed by atoms with Crippen molar-refractivity contribution in [2.45, 2.75) is 6.92 Å². The number of nitrogens with one attached hydrogen (secondary N) is 1. The molecule has 0 unspecified atom stereocenters. The van der Waals surface area contributed by atoms with Crippen LogP contribution in [0.15, 0.2) is 11.4 Å². The summed E-state index contributed by atoms with van der Waals surface area (Å²) in [6.45, 7) is 2.74. The molecule has 0 saturated heterocycles. The van der Waals surface area contributed by atoms with Crippen LogP contribution in [0.2, 0.25) is 0 Å².